The molecular weight excluding hydrogens is 394 g/mol. The van der Waals surface area contributed by atoms with Crippen molar-refractivity contribution in [3.63, 3.8) is 0 Å². The maximum absolute atomic E-state index is 13.3. The van der Waals surface area contributed by atoms with Crippen molar-refractivity contribution >= 4 is 11.8 Å². The minimum absolute atomic E-state index is 0.0645. The van der Waals surface area contributed by atoms with Gasteiger partial charge in [0.25, 0.3) is 0 Å². The minimum atomic E-state index is -0.469. The molecule has 0 amide bonds. The summed E-state index contributed by atoms with van der Waals surface area (Å²) in [5.41, 5.74) is 3.51. The molecule has 0 aromatic heterocycles. The Hall–Kier alpha value is -2.60. The average molecular weight is 428 g/mol. The summed E-state index contributed by atoms with van der Waals surface area (Å²) >= 11 is 0. The number of carbonyl (C=O) groups is 2. The Kier molecular flexibility index (Phi) is 6.90. The first-order valence-electron chi connectivity index (χ1n) is 10.8. The van der Waals surface area contributed by atoms with E-state index in [0.717, 1.165) is 29.1 Å². The Balaban J connectivity index is 2.04. The van der Waals surface area contributed by atoms with E-state index >= 15 is 0 Å². The van der Waals surface area contributed by atoms with Crippen molar-refractivity contribution < 1.29 is 23.8 Å². The molecule has 1 aliphatic heterocycles. The van der Waals surface area contributed by atoms with E-state index in [-0.39, 0.29) is 23.9 Å². The highest BCUT2D eigenvalue weighted by Gasteiger charge is 2.43. The molecule has 1 heterocycles. The van der Waals surface area contributed by atoms with Crippen molar-refractivity contribution in [2.45, 2.75) is 59.5 Å². The standard InChI is InChI=1S/C25H33NO5/c1-15(2)31-18-9-7-17(8-10-18)22-21(24(28)30-12-11-29-6)16(3)26-19-13-25(4,5)14-20(27)23(19)22/h7-10,15,22,26H,11-14H2,1-6H3/t22-/m1/s1. The van der Waals surface area contributed by atoms with Crippen LogP contribution in [0, 0.1) is 5.41 Å². The van der Waals surface area contributed by atoms with Gasteiger partial charge in [0.2, 0.25) is 0 Å². The van der Waals surface area contributed by atoms with E-state index in [2.05, 4.69) is 19.2 Å². The van der Waals surface area contributed by atoms with Crippen molar-refractivity contribution in [3.05, 3.63) is 52.4 Å². The quantitative estimate of drug-likeness (QED) is 0.518. The molecule has 0 bridgehead atoms. The zero-order valence-corrected chi connectivity index (χ0v) is 19.3. The van der Waals surface area contributed by atoms with Crippen molar-refractivity contribution in [3.8, 4) is 5.75 Å². The zero-order chi connectivity index (χ0) is 22.8. The zero-order valence-electron chi connectivity index (χ0n) is 19.3. The van der Waals surface area contributed by atoms with Crippen LogP contribution in [0.25, 0.3) is 0 Å². The van der Waals surface area contributed by atoms with E-state index in [9.17, 15) is 9.59 Å². The van der Waals surface area contributed by atoms with Gasteiger partial charge in [-0.3, -0.25) is 4.79 Å². The Labute approximate surface area is 184 Å². The second-order valence-electron chi connectivity index (χ2n) is 9.29. The fourth-order valence-electron chi connectivity index (χ4n) is 4.35. The molecule has 0 radical (unpaired) electrons. The fourth-order valence-corrected chi connectivity index (χ4v) is 4.35. The van der Waals surface area contributed by atoms with Gasteiger partial charge >= 0.3 is 5.97 Å². The number of hydrogen-bond acceptors (Lipinski definition) is 6. The molecule has 0 fully saturated rings. The summed E-state index contributed by atoms with van der Waals surface area (Å²) in [5.74, 6) is -0.0781. The molecule has 6 nitrogen and oxygen atoms in total. The first-order chi connectivity index (χ1) is 14.6. The van der Waals surface area contributed by atoms with Crippen LogP contribution in [-0.2, 0) is 19.1 Å². The number of Topliss-reactive ketones (excluding diaryl/α,β-unsaturated/α-hetero) is 1. The van der Waals surface area contributed by atoms with E-state index < -0.39 is 11.9 Å². The van der Waals surface area contributed by atoms with Gasteiger partial charge in [0, 0.05) is 36.4 Å². The lowest BCUT2D eigenvalue weighted by Gasteiger charge is -2.39. The molecule has 0 spiro atoms. The second kappa shape index (κ2) is 9.27. The molecule has 1 aromatic rings. The summed E-state index contributed by atoms with van der Waals surface area (Å²) in [6.07, 6.45) is 1.26. The Bertz CT molecular complexity index is 908. The number of nitrogens with one attached hydrogen (secondary N) is 1. The highest BCUT2D eigenvalue weighted by atomic mass is 16.6. The monoisotopic (exact) mass is 427 g/mol. The highest BCUT2D eigenvalue weighted by Crippen LogP contribution is 2.46. The van der Waals surface area contributed by atoms with Crippen LogP contribution in [-0.4, -0.2) is 38.2 Å². The molecule has 1 aromatic carbocycles. The van der Waals surface area contributed by atoms with E-state index in [4.69, 9.17) is 14.2 Å². The van der Waals surface area contributed by atoms with Crippen LogP contribution in [0.4, 0.5) is 0 Å². The van der Waals surface area contributed by atoms with Gasteiger partial charge < -0.3 is 19.5 Å². The summed E-state index contributed by atoms with van der Waals surface area (Å²) in [6, 6.07) is 7.64. The van der Waals surface area contributed by atoms with Crippen LogP contribution in [0.15, 0.2) is 46.8 Å². The highest BCUT2D eigenvalue weighted by molar-refractivity contribution is 6.04. The molecule has 1 aliphatic carbocycles. The van der Waals surface area contributed by atoms with Gasteiger partial charge in [0.1, 0.15) is 12.4 Å². The van der Waals surface area contributed by atoms with Crippen LogP contribution in [0.5, 0.6) is 5.75 Å². The van der Waals surface area contributed by atoms with Crippen molar-refractivity contribution in [2.75, 3.05) is 20.3 Å². The topological polar surface area (TPSA) is 73.9 Å². The normalized spacial score (nSPS) is 20.5. The van der Waals surface area contributed by atoms with E-state index in [1.807, 2.05) is 45.0 Å². The maximum Gasteiger partial charge on any atom is 0.336 e. The third-order valence-electron chi connectivity index (χ3n) is 5.57. The first-order valence-corrected chi connectivity index (χ1v) is 10.8. The van der Waals surface area contributed by atoms with Gasteiger partial charge in [-0.15, -0.1) is 0 Å². The molecular formula is C25H33NO5. The predicted octanol–water partition coefficient (Wildman–Crippen LogP) is 4.27. The molecule has 0 saturated carbocycles. The van der Waals surface area contributed by atoms with E-state index in [1.54, 1.807) is 7.11 Å². The largest absolute Gasteiger partial charge is 0.491 e. The third kappa shape index (κ3) is 5.18. The molecule has 1 atom stereocenters. The van der Waals surface area contributed by atoms with Gasteiger partial charge in [-0.25, -0.2) is 4.79 Å². The van der Waals surface area contributed by atoms with Crippen LogP contribution in [0.2, 0.25) is 0 Å². The molecule has 1 N–H and O–H groups in total. The van der Waals surface area contributed by atoms with Gasteiger partial charge in [0.05, 0.1) is 18.3 Å². The number of ether oxygens (including phenoxy) is 3. The molecule has 2 aliphatic rings. The lowest BCUT2D eigenvalue weighted by molar-refractivity contribution is -0.140. The summed E-state index contributed by atoms with van der Waals surface area (Å²) in [6.45, 7) is 10.5. The number of benzene rings is 1. The van der Waals surface area contributed by atoms with E-state index in [0.29, 0.717) is 24.2 Å². The van der Waals surface area contributed by atoms with Crippen molar-refractivity contribution in [2.24, 2.45) is 5.41 Å². The predicted molar refractivity (Wildman–Crippen MR) is 119 cm³/mol. The summed E-state index contributed by atoms with van der Waals surface area (Å²) < 4.78 is 16.2. The Morgan fingerprint density at radius 3 is 2.45 bits per heavy atom. The third-order valence-corrected chi connectivity index (χ3v) is 5.57. The number of esters is 1. The Morgan fingerprint density at radius 2 is 1.84 bits per heavy atom. The van der Waals surface area contributed by atoms with Crippen LogP contribution in [0.1, 0.15) is 58.9 Å². The van der Waals surface area contributed by atoms with Gasteiger partial charge in [-0.2, -0.15) is 0 Å². The smallest absolute Gasteiger partial charge is 0.336 e. The summed E-state index contributed by atoms with van der Waals surface area (Å²) in [4.78, 5) is 26.3. The number of dihydropyridines is 1. The fraction of sp³-hybridized carbons (Fsp3) is 0.520. The SMILES string of the molecule is COCCOC(=O)C1=C(C)NC2=C(C(=O)CC(C)(C)C2)[C@@H]1c1ccc(OC(C)C)cc1. The van der Waals surface area contributed by atoms with Gasteiger partial charge in [0.15, 0.2) is 5.78 Å². The van der Waals surface area contributed by atoms with Crippen LogP contribution in [0.3, 0.4) is 0 Å². The minimum Gasteiger partial charge on any atom is -0.491 e. The number of rotatable bonds is 7. The number of methoxy groups -OCH3 is 1. The average Bonchev–Trinajstić information content (AvgIpc) is 2.66. The van der Waals surface area contributed by atoms with Crippen molar-refractivity contribution in [1.29, 1.82) is 0 Å². The maximum atomic E-state index is 13.3. The van der Waals surface area contributed by atoms with Crippen LogP contribution < -0.4 is 10.1 Å². The second-order valence-corrected chi connectivity index (χ2v) is 9.29. The lowest BCUT2D eigenvalue weighted by atomic mass is 9.68. The number of carbonyl (C=O) groups excluding carboxylic acids is 2. The summed E-state index contributed by atoms with van der Waals surface area (Å²) in [5, 5.41) is 3.34. The molecule has 168 valence electrons. The molecule has 3 rings (SSSR count). The lowest BCUT2D eigenvalue weighted by Crippen LogP contribution is -2.38. The molecule has 0 saturated heterocycles. The van der Waals surface area contributed by atoms with Crippen LogP contribution >= 0.6 is 0 Å². The molecule has 31 heavy (non-hydrogen) atoms. The molecule has 0 unspecified atom stereocenters. The van der Waals surface area contributed by atoms with Gasteiger partial charge in [-0.05, 0) is 50.3 Å². The van der Waals surface area contributed by atoms with Gasteiger partial charge in [-0.1, -0.05) is 26.0 Å². The first kappa shape index (κ1) is 23.1. The number of allylic oxidation sites excluding steroid dienone is 3. The van der Waals surface area contributed by atoms with Crippen molar-refractivity contribution in [1.82, 2.24) is 5.32 Å². The molecule has 6 heteroatoms. The summed E-state index contributed by atoms with van der Waals surface area (Å²) in [7, 11) is 1.56. The number of hydrogen-bond donors (Lipinski definition) is 1. The number of ketones is 1. The Morgan fingerprint density at radius 1 is 1.16 bits per heavy atom. The van der Waals surface area contributed by atoms with E-state index in [1.165, 1.54) is 0 Å².